The Bertz CT molecular complexity index is 1310. The van der Waals surface area contributed by atoms with E-state index in [2.05, 4.69) is 46.5 Å². The molecule has 2 atom stereocenters. The Morgan fingerprint density at radius 2 is 1.32 bits per heavy atom. The zero-order valence-corrected chi connectivity index (χ0v) is 38.6. The number of methoxy groups -OCH3 is 1. The van der Waals surface area contributed by atoms with Crippen LogP contribution in [0.2, 0.25) is 0 Å². The van der Waals surface area contributed by atoms with Crippen molar-refractivity contribution < 1.29 is 46.8 Å². The van der Waals surface area contributed by atoms with Crippen LogP contribution in [0.25, 0.3) is 0 Å². The van der Waals surface area contributed by atoms with E-state index < -0.39 is 15.9 Å². The molecule has 1 amide bonds. The number of nitrogens with one attached hydrogen (secondary N) is 2. The fourth-order valence-corrected chi connectivity index (χ4v) is 7.68. The van der Waals surface area contributed by atoms with Gasteiger partial charge in [0.15, 0.2) is 12.0 Å². The average Bonchev–Trinajstić information content (AvgIpc) is 3.77. The first kappa shape index (κ1) is 54.4. The van der Waals surface area contributed by atoms with Crippen molar-refractivity contribution in [2.75, 3.05) is 44.6 Å². The summed E-state index contributed by atoms with van der Waals surface area (Å²) < 4.78 is 49.4. The summed E-state index contributed by atoms with van der Waals surface area (Å²) in [4.78, 5) is 12.2. The van der Waals surface area contributed by atoms with Crippen LogP contribution < -0.4 is 15.4 Å². The zero-order valence-electron chi connectivity index (χ0n) is 37.0. The lowest BCUT2D eigenvalue weighted by Crippen LogP contribution is -2.28. The van der Waals surface area contributed by atoms with Crippen molar-refractivity contribution in [3.63, 3.8) is 0 Å². The second-order valence-electron chi connectivity index (χ2n) is 15.3. The number of carbonyl (C=O) groups excluding carboxylic acids is 1. The Balaban J connectivity index is 0.000000590. The number of carbonyl (C=O) groups is 1. The van der Waals surface area contributed by atoms with Crippen LogP contribution >= 0.6 is 12.0 Å². The van der Waals surface area contributed by atoms with Gasteiger partial charge in [0.1, 0.15) is 27.4 Å². The number of unbranched alkanes of at least 4 members (excludes halogenated alkanes) is 16. The SMILES string of the molecule is C=C(NCCCSOOO)OC(CCCCCCCCCCCC)C1=CCCO1.CCCCCCCCCCC(OC(=O)NCCCS(C)(=O)=O)c1ccc(OC)cc1. The molecule has 0 aliphatic carbocycles. The molecule has 0 bridgehead atoms. The quantitative estimate of drug-likeness (QED) is 0.0192. The van der Waals surface area contributed by atoms with E-state index in [1.807, 2.05) is 24.3 Å². The molecule has 1 aromatic rings. The molecular formula is C45H80N2O10S2. The average molecular weight is 873 g/mol. The highest BCUT2D eigenvalue weighted by Crippen LogP contribution is 2.27. The van der Waals surface area contributed by atoms with Crippen LogP contribution in [0.1, 0.15) is 173 Å². The lowest BCUT2D eigenvalue weighted by Gasteiger charge is -2.22. The number of ether oxygens (including phenoxy) is 4. The Morgan fingerprint density at radius 3 is 1.83 bits per heavy atom. The standard InChI is InChI=1S/C23H39NO5S.C22H41NO5S/c1-4-5-6-7-8-9-10-11-13-22(20-14-16-21(28-2)17-15-20)29-23(25)24-18-12-19-30(3,26)27;1-3-4-5-6-7-8-9-10-11-12-15-22(21-16-13-18-25-21)26-20(2)23-17-14-19-29-28-27-24/h14-17,22H,4-13,18-19H2,1-3H3,(H,24,25);16,22-24H,2-15,17-19H2,1H3. The van der Waals surface area contributed by atoms with Gasteiger partial charge in [-0.2, -0.15) is 0 Å². The fraction of sp³-hybridized carbons (Fsp3) is 0.756. The second-order valence-corrected chi connectivity index (χ2v) is 18.4. The van der Waals surface area contributed by atoms with Crippen LogP contribution in [-0.2, 0) is 33.4 Å². The highest BCUT2D eigenvalue weighted by Gasteiger charge is 2.21. The molecule has 1 heterocycles. The van der Waals surface area contributed by atoms with Gasteiger partial charge in [0.2, 0.25) is 0 Å². The summed E-state index contributed by atoms with van der Waals surface area (Å²) >= 11 is 1.05. The molecule has 0 saturated heterocycles. The fourth-order valence-electron chi connectivity index (χ4n) is 6.64. The molecular weight excluding hydrogens is 793 g/mol. The van der Waals surface area contributed by atoms with Gasteiger partial charge in [-0.25, -0.2) is 18.5 Å². The number of amides is 1. The van der Waals surface area contributed by atoms with Crippen molar-refractivity contribution >= 4 is 28.0 Å². The normalized spacial score (nSPS) is 13.3. The maximum Gasteiger partial charge on any atom is 0.407 e. The smallest absolute Gasteiger partial charge is 0.407 e. The molecule has 342 valence electrons. The maximum absolute atomic E-state index is 12.2. The van der Waals surface area contributed by atoms with Crippen LogP contribution in [0.15, 0.2) is 48.6 Å². The van der Waals surface area contributed by atoms with Gasteiger partial charge in [-0.05, 0) is 68.9 Å². The summed E-state index contributed by atoms with van der Waals surface area (Å²) in [5.74, 6) is 3.02. The van der Waals surface area contributed by atoms with Crippen LogP contribution in [0, 0.1) is 0 Å². The van der Waals surface area contributed by atoms with Gasteiger partial charge < -0.3 is 29.6 Å². The first-order chi connectivity index (χ1) is 28.6. The molecule has 1 aliphatic rings. The number of sulfone groups is 1. The molecule has 3 N–H and O–H groups in total. The highest BCUT2D eigenvalue weighted by molar-refractivity contribution is 7.94. The molecule has 0 aromatic heterocycles. The van der Waals surface area contributed by atoms with Crippen molar-refractivity contribution in [2.24, 2.45) is 0 Å². The minimum Gasteiger partial charge on any atom is -0.497 e. The van der Waals surface area contributed by atoms with Crippen molar-refractivity contribution in [3.05, 3.63) is 54.1 Å². The Kier molecular flexibility index (Phi) is 34.2. The summed E-state index contributed by atoms with van der Waals surface area (Å²) in [5, 5.41) is 17.5. The van der Waals surface area contributed by atoms with Gasteiger partial charge in [0, 0.05) is 43.6 Å². The van der Waals surface area contributed by atoms with E-state index in [1.165, 1.54) is 103 Å². The zero-order chi connectivity index (χ0) is 43.2. The number of benzene rings is 1. The highest BCUT2D eigenvalue weighted by atomic mass is 32.2. The Hall–Kier alpha value is -2.65. The lowest BCUT2D eigenvalue weighted by atomic mass is 10.0. The Labute approximate surface area is 362 Å². The first-order valence-electron chi connectivity index (χ1n) is 22.4. The van der Waals surface area contributed by atoms with Crippen molar-refractivity contribution in [1.29, 1.82) is 0 Å². The van der Waals surface area contributed by atoms with E-state index >= 15 is 0 Å². The van der Waals surface area contributed by atoms with Crippen LogP contribution in [0.4, 0.5) is 4.79 Å². The summed E-state index contributed by atoms with van der Waals surface area (Å²) in [5.41, 5.74) is 0.935. The minimum atomic E-state index is -3.02. The van der Waals surface area contributed by atoms with Crippen LogP contribution in [-0.4, -0.2) is 70.4 Å². The predicted octanol–water partition coefficient (Wildman–Crippen LogP) is 11.9. The number of hydrogen-bond donors (Lipinski definition) is 3. The van der Waals surface area contributed by atoms with Gasteiger partial charge in [-0.15, -0.1) is 4.33 Å². The minimum absolute atomic E-state index is 0.0490. The topological polar surface area (TPSA) is 151 Å². The molecule has 14 heteroatoms. The molecule has 0 radical (unpaired) electrons. The molecule has 12 nitrogen and oxygen atoms in total. The molecule has 0 saturated carbocycles. The maximum atomic E-state index is 12.2. The number of alkyl carbamates (subject to hydrolysis) is 1. The van der Waals surface area contributed by atoms with E-state index in [9.17, 15) is 13.2 Å². The summed E-state index contributed by atoms with van der Waals surface area (Å²) in [7, 11) is -1.41. The molecule has 0 spiro atoms. The number of rotatable bonds is 37. The van der Waals surface area contributed by atoms with Gasteiger partial charge in [-0.1, -0.05) is 134 Å². The first-order valence-corrected chi connectivity index (χ1v) is 25.4. The van der Waals surface area contributed by atoms with Crippen LogP contribution in [0.3, 0.4) is 0 Å². The van der Waals surface area contributed by atoms with E-state index in [4.69, 9.17) is 24.2 Å². The van der Waals surface area contributed by atoms with Gasteiger partial charge in [0.05, 0.1) is 19.5 Å². The van der Waals surface area contributed by atoms with Gasteiger partial charge in [-0.3, -0.25) is 0 Å². The van der Waals surface area contributed by atoms with Crippen molar-refractivity contribution in [1.82, 2.24) is 10.6 Å². The largest absolute Gasteiger partial charge is 0.497 e. The third kappa shape index (κ3) is 31.8. The third-order valence-electron chi connectivity index (χ3n) is 9.98. The lowest BCUT2D eigenvalue weighted by molar-refractivity contribution is -0.432. The van der Waals surface area contributed by atoms with Crippen LogP contribution in [0.5, 0.6) is 5.75 Å². The molecule has 2 unspecified atom stereocenters. The van der Waals surface area contributed by atoms with E-state index in [0.717, 1.165) is 80.7 Å². The molecule has 1 aliphatic heterocycles. The monoisotopic (exact) mass is 873 g/mol. The Morgan fingerprint density at radius 1 is 0.780 bits per heavy atom. The van der Waals surface area contributed by atoms with Crippen molar-refractivity contribution in [3.8, 4) is 5.75 Å². The summed E-state index contributed by atoms with van der Waals surface area (Å²) in [6, 6.07) is 7.57. The summed E-state index contributed by atoms with van der Waals surface area (Å²) in [6.07, 6.45) is 29.3. The van der Waals surface area contributed by atoms with E-state index in [-0.39, 0.29) is 24.5 Å². The summed E-state index contributed by atoms with van der Waals surface area (Å²) in [6.45, 7) is 10.2. The molecule has 0 fully saturated rings. The van der Waals surface area contributed by atoms with Crippen molar-refractivity contribution in [2.45, 2.75) is 174 Å². The molecule has 2 rings (SSSR count). The second kappa shape index (κ2) is 37.1. The van der Waals surface area contributed by atoms with Gasteiger partial charge in [0.25, 0.3) is 0 Å². The predicted molar refractivity (Wildman–Crippen MR) is 241 cm³/mol. The van der Waals surface area contributed by atoms with E-state index in [1.54, 1.807) is 7.11 Å². The molecule has 59 heavy (non-hydrogen) atoms. The van der Waals surface area contributed by atoms with E-state index in [0.29, 0.717) is 24.6 Å². The third-order valence-corrected chi connectivity index (χ3v) is 11.6. The number of hydrogen-bond acceptors (Lipinski definition) is 12. The molecule has 1 aromatic carbocycles. The van der Waals surface area contributed by atoms with Gasteiger partial charge >= 0.3 is 6.09 Å².